The number of piperidine rings is 1. The van der Waals surface area contributed by atoms with Gasteiger partial charge in [0.05, 0.1) is 25.9 Å². The van der Waals surface area contributed by atoms with Gasteiger partial charge in [-0.1, -0.05) is 58.8 Å². The zero-order valence-corrected chi connectivity index (χ0v) is 23.9. The van der Waals surface area contributed by atoms with Crippen molar-refractivity contribution in [3.63, 3.8) is 0 Å². The lowest BCUT2D eigenvalue weighted by atomic mass is 9.89. The molecule has 2 N–H and O–H groups in total. The van der Waals surface area contributed by atoms with Gasteiger partial charge in [0.15, 0.2) is 0 Å². The third-order valence-electron chi connectivity index (χ3n) is 7.41. The second-order valence-corrected chi connectivity index (χ2v) is 10.6. The molecule has 2 amide bonds. The topological polar surface area (TPSA) is 119 Å². The van der Waals surface area contributed by atoms with Crippen molar-refractivity contribution >= 4 is 18.0 Å². The van der Waals surface area contributed by atoms with Crippen molar-refractivity contribution in [2.24, 2.45) is 10.9 Å². The number of carbonyl (C=O) groups excluding carboxylic acids is 2. The normalized spacial score (nSPS) is 21.1. The first kappa shape index (κ1) is 31.8. The van der Waals surface area contributed by atoms with Gasteiger partial charge in [-0.3, -0.25) is 10.1 Å². The molecule has 10 heteroatoms. The molecule has 2 saturated heterocycles. The largest absolute Gasteiger partial charge is 0.450 e. The van der Waals surface area contributed by atoms with E-state index in [1.54, 1.807) is 6.92 Å². The second-order valence-electron chi connectivity index (χ2n) is 10.6. The van der Waals surface area contributed by atoms with Gasteiger partial charge in [0.2, 0.25) is 11.9 Å². The molecular weight excluding hydrogens is 484 g/mol. The molecule has 1 aliphatic carbocycles. The van der Waals surface area contributed by atoms with Crippen LogP contribution in [0.15, 0.2) is 4.99 Å². The number of hydrogen-bond acceptors (Lipinski definition) is 7. The average molecular weight is 535 g/mol. The third-order valence-corrected chi connectivity index (χ3v) is 7.41. The molecule has 2 heterocycles. The van der Waals surface area contributed by atoms with Crippen molar-refractivity contribution in [2.75, 3.05) is 59.1 Å². The number of rotatable bonds is 6. The summed E-state index contributed by atoms with van der Waals surface area (Å²) in [5, 5.41) is 15.1. The Bertz CT molecular complexity index is 762. The van der Waals surface area contributed by atoms with Crippen LogP contribution in [0.4, 0.5) is 4.79 Å². The maximum atomic E-state index is 12.5. The smallest absolute Gasteiger partial charge is 0.413 e. The number of amides is 2. The van der Waals surface area contributed by atoms with Crippen LogP contribution in [0.2, 0.25) is 0 Å². The first-order chi connectivity index (χ1) is 18.4. The SMILES string of the molecule is CC1CCCCCCC1.CCCN1CCC(C#N)(NC(=O)CN=C(NC(=O)OCC)N2CCOCC2)CC1. The average Bonchev–Trinajstić information content (AvgIpc) is 2.91. The van der Waals surface area contributed by atoms with E-state index in [9.17, 15) is 14.9 Å². The van der Waals surface area contributed by atoms with Gasteiger partial charge in [-0.05, 0) is 38.6 Å². The summed E-state index contributed by atoms with van der Waals surface area (Å²) >= 11 is 0. The highest BCUT2D eigenvalue weighted by Crippen LogP contribution is 2.22. The molecule has 10 nitrogen and oxygen atoms in total. The van der Waals surface area contributed by atoms with E-state index < -0.39 is 11.6 Å². The van der Waals surface area contributed by atoms with Crippen LogP contribution in [0.3, 0.4) is 0 Å². The molecule has 3 aliphatic rings. The van der Waals surface area contributed by atoms with Gasteiger partial charge in [-0.2, -0.15) is 5.26 Å². The van der Waals surface area contributed by atoms with Crippen LogP contribution in [0.1, 0.15) is 85.0 Å². The zero-order chi connectivity index (χ0) is 27.6. The number of likely N-dealkylation sites (tertiary alicyclic amines) is 1. The van der Waals surface area contributed by atoms with E-state index in [4.69, 9.17) is 9.47 Å². The number of morpholine rings is 1. The highest BCUT2D eigenvalue weighted by molar-refractivity contribution is 5.95. The number of nitriles is 1. The predicted octanol–water partition coefficient (Wildman–Crippen LogP) is 3.67. The monoisotopic (exact) mass is 534 g/mol. The van der Waals surface area contributed by atoms with Crippen LogP contribution >= 0.6 is 0 Å². The Morgan fingerprint density at radius 3 is 2.26 bits per heavy atom. The number of ether oxygens (including phenoxy) is 2. The molecule has 3 fully saturated rings. The van der Waals surface area contributed by atoms with E-state index in [2.05, 4.69) is 40.4 Å². The zero-order valence-electron chi connectivity index (χ0n) is 23.9. The van der Waals surface area contributed by atoms with E-state index in [1.807, 2.05) is 4.90 Å². The van der Waals surface area contributed by atoms with Gasteiger partial charge in [-0.25, -0.2) is 9.79 Å². The molecule has 2 aliphatic heterocycles. The minimum atomic E-state index is -0.857. The molecule has 0 aromatic carbocycles. The lowest BCUT2D eigenvalue weighted by Gasteiger charge is -2.37. The van der Waals surface area contributed by atoms with Gasteiger partial charge in [-0.15, -0.1) is 0 Å². The van der Waals surface area contributed by atoms with Gasteiger partial charge in [0, 0.05) is 26.2 Å². The molecule has 3 rings (SSSR count). The maximum Gasteiger partial charge on any atom is 0.413 e. The molecule has 0 radical (unpaired) electrons. The Kier molecular flexibility index (Phi) is 15.1. The Labute approximate surface area is 229 Å². The van der Waals surface area contributed by atoms with Crippen LogP contribution in [0.25, 0.3) is 0 Å². The van der Waals surface area contributed by atoms with Gasteiger partial charge in [0.1, 0.15) is 12.1 Å². The number of hydrogen-bond donors (Lipinski definition) is 2. The first-order valence-electron chi connectivity index (χ1n) is 14.7. The van der Waals surface area contributed by atoms with Crippen LogP contribution in [-0.4, -0.2) is 92.4 Å². The van der Waals surface area contributed by atoms with Crippen molar-refractivity contribution < 1.29 is 19.1 Å². The van der Waals surface area contributed by atoms with Gasteiger partial charge < -0.3 is 24.6 Å². The van der Waals surface area contributed by atoms with Crippen molar-refractivity contribution in [3.8, 4) is 6.07 Å². The summed E-state index contributed by atoms with van der Waals surface area (Å²) in [6.45, 7) is 11.0. The number of nitrogens with one attached hydrogen (secondary N) is 2. The number of nitrogens with zero attached hydrogens (tertiary/aromatic N) is 4. The minimum absolute atomic E-state index is 0.179. The summed E-state index contributed by atoms with van der Waals surface area (Å²) in [7, 11) is 0. The number of carbonyl (C=O) groups is 2. The molecule has 0 aromatic rings. The standard InChI is InChI=1S/C19H32N6O4.C9H18/c1-3-7-24-8-5-19(15-20,6-9-24)23-16(26)14-21-17(22-18(27)29-4-2)25-10-12-28-13-11-25;1-9-7-5-3-2-4-6-8-9/h3-14H2,1-2H3,(H,23,26)(H,21,22,27);9H,2-8H2,1H3. The lowest BCUT2D eigenvalue weighted by Crippen LogP contribution is -2.55. The van der Waals surface area contributed by atoms with Crippen LogP contribution < -0.4 is 10.6 Å². The maximum absolute atomic E-state index is 12.5. The highest BCUT2D eigenvalue weighted by Gasteiger charge is 2.36. The van der Waals surface area contributed by atoms with Crippen LogP contribution in [0.5, 0.6) is 0 Å². The molecular formula is C28H50N6O4. The summed E-state index contributed by atoms with van der Waals surface area (Å²) in [5.41, 5.74) is -0.857. The fourth-order valence-electron chi connectivity index (χ4n) is 5.10. The lowest BCUT2D eigenvalue weighted by molar-refractivity contribution is -0.121. The van der Waals surface area contributed by atoms with Crippen molar-refractivity contribution in [3.05, 3.63) is 0 Å². The van der Waals surface area contributed by atoms with Gasteiger partial charge in [0.25, 0.3) is 0 Å². The molecule has 0 unspecified atom stereocenters. The molecule has 38 heavy (non-hydrogen) atoms. The van der Waals surface area contributed by atoms with Crippen molar-refractivity contribution in [1.29, 1.82) is 5.26 Å². The third kappa shape index (κ3) is 12.0. The summed E-state index contributed by atoms with van der Waals surface area (Å²) in [4.78, 5) is 32.8. The highest BCUT2D eigenvalue weighted by atomic mass is 16.5. The van der Waals surface area contributed by atoms with Crippen molar-refractivity contribution in [2.45, 2.75) is 90.5 Å². The molecule has 0 bridgehead atoms. The number of guanidine groups is 1. The molecule has 1 saturated carbocycles. The summed E-state index contributed by atoms with van der Waals surface area (Å²) < 4.78 is 10.2. The minimum Gasteiger partial charge on any atom is -0.450 e. The summed E-state index contributed by atoms with van der Waals surface area (Å²) in [6.07, 6.45) is 12.1. The van der Waals surface area contributed by atoms with E-state index in [1.165, 1.54) is 44.9 Å². The summed E-state index contributed by atoms with van der Waals surface area (Å²) in [6, 6.07) is 2.29. The fourth-order valence-corrected chi connectivity index (χ4v) is 5.10. The van der Waals surface area contributed by atoms with E-state index >= 15 is 0 Å². The van der Waals surface area contributed by atoms with Crippen molar-refractivity contribution in [1.82, 2.24) is 20.4 Å². The van der Waals surface area contributed by atoms with Gasteiger partial charge >= 0.3 is 6.09 Å². The molecule has 216 valence electrons. The van der Waals surface area contributed by atoms with Crippen LogP contribution in [-0.2, 0) is 14.3 Å². The molecule has 0 aromatic heterocycles. The Hall–Kier alpha value is -2.38. The number of aliphatic imine (C=N–C) groups is 1. The van der Waals surface area contributed by atoms with E-state index in [0.29, 0.717) is 39.1 Å². The van der Waals surface area contributed by atoms with E-state index in [-0.39, 0.29) is 25.0 Å². The van der Waals surface area contributed by atoms with E-state index in [0.717, 1.165) is 32.0 Å². The Morgan fingerprint density at radius 2 is 1.68 bits per heavy atom. The fraction of sp³-hybridized carbons (Fsp3) is 0.857. The number of alkyl carbamates (subject to hydrolysis) is 1. The Balaban J connectivity index is 0.000000474. The first-order valence-corrected chi connectivity index (χ1v) is 14.7. The second kappa shape index (κ2) is 18.0. The molecule has 0 spiro atoms. The quantitative estimate of drug-likeness (QED) is 0.394. The summed E-state index contributed by atoms with van der Waals surface area (Å²) in [5.74, 6) is 0.961. The Morgan fingerprint density at radius 1 is 1.05 bits per heavy atom. The molecule has 0 atom stereocenters. The predicted molar refractivity (Wildman–Crippen MR) is 149 cm³/mol. The van der Waals surface area contributed by atoms with Crippen LogP contribution in [0, 0.1) is 17.2 Å².